The van der Waals surface area contributed by atoms with E-state index >= 15 is 0 Å². The quantitative estimate of drug-likeness (QED) is 0.741. The first-order valence-corrected chi connectivity index (χ1v) is 5.87. The fraction of sp³-hybridized carbons (Fsp3) is 0.154. The Hall–Kier alpha value is -1.55. The molecule has 0 aliphatic rings. The van der Waals surface area contributed by atoms with Gasteiger partial charge in [0.25, 0.3) is 0 Å². The second-order valence-electron chi connectivity index (χ2n) is 3.82. The first kappa shape index (κ1) is 11.9. The number of thiophene rings is 1. The molecule has 1 aromatic heterocycles. The molecule has 1 aromatic carbocycles. The van der Waals surface area contributed by atoms with E-state index in [1.54, 1.807) is 12.1 Å². The molecule has 2 rings (SSSR count). The molecule has 88 valence electrons. The number of halogens is 2. The zero-order valence-electron chi connectivity index (χ0n) is 9.38. The van der Waals surface area contributed by atoms with Crippen molar-refractivity contribution in [2.45, 2.75) is 13.8 Å². The fourth-order valence-corrected chi connectivity index (χ4v) is 2.34. The van der Waals surface area contributed by atoms with Crippen LogP contribution in [0.5, 0.6) is 0 Å². The van der Waals surface area contributed by atoms with Crippen LogP contribution in [0, 0.1) is 25.5 Å². The molecule has 17 heavy (non-hydrogen) atoms. The van der Waals surface area contributed by atoms with Crippen molar-refractivity contribution in [2.75, 3.05) is 0 Å². The molecular formula is C13H10F2OS. The normalized spacial score (nSPS) is 10.6. The number of hydrogen-bond donors (Lipinski definition) is 0. The number of carbonyl (C=O) groups is 1. The monoisotopic (exact) mass is 252 g/mol. The largest absolute Gasteiger partial charge is 0.288 e. The number of hydrogen-bond acceptors (Lipinski definition) is 2. The van der Waals surface area contributed by atoms with E-state index in [4.69, 9.17) is 0 Å². The highest BCUT2D eigenvalue weighted by molar-refractivity contribution is 7.14. The average molecular weight is 252 g/mol. The Bertz CT molecular complexity index is 587. The van der Waals surface area contributed by atoms with Crippen molar-refractivity contribution in [3.63, 3.8) is 0 Å². The third-order valence-corrected chi connectivity index (χ3v) is 3.46. The van der Waals surface area contributed by atoms with Crippen LogP contribution in [0.25, 0.3) is 0 Å². The first-order chi connectivity index (χ1) is 7.99. The molecule has 2 aromatic rings. The summed E-state index contributed by atoms with van der Waals surface area (Å²) in [4.78, 5) is 13.4. The lowest BCUT2D eigenvalue weighted by atomic mass is 10.1. The Morgan fingerprint density at radius 1 is 1.12 bits per heavy atom. The molecule has 0 unspecified atom stereocenters. The summed E-state index contributed by atoms with van der Waals surface area (Å²) in [6, 6.07) is 5.46. The molecule has 0 bridgehead atoms. The van der Waals surface area contributed by atoms with E-state index in [1.807, 2.05) is 6.92 Å². The zero-order valence-corrected chi connectivity index (χ0v) is 10.2. The summed E-state index contributed by atoms with van der Waals surface area (Å²) in [6.07, 6.45) is 0. The van der Waals surface area contributed by atoms with Crippen molar-refractivity contribution >= 4 is 17.1 Å². The van der Waals surface area contributed by atoms with Crippen molar-refractivity contribution in [1.29, 1.82) is 0 Å². The van der Waals surface area contributed by atoms with Crippen molar-refractivity contribution < 1.29 is 13.6 Å². The first-order valence-electron chi connectivity index (χ1n) is 5.06. The number of aryl methyl sites for hydroxylation is 2. The topological polar surface area (TPSA) is 17.1 Å². The molecule has 0 spiro atoms. The minimum atomic E-state index is -0.816. The van der Waals surface area contributed by atoms with Gasteiger partial charge < -0.3 is 0 Å². The van der Waals surface area contributed by atoms with Crippen LogP contribution in [0.4, 0.5) is 8.78 Å². The summed E-state index contributed by atoms with van der Waals surface area (Å²) in [7, 11) is 0. The van der Waals surface area contributed by atoms with E-state index in [2.05, 4.69) is 0 Å². The van der Waals surface area contributed by atoms with Gasteiger partial charge in [-0.25, -0.2) is 8.78 Å². The second kappa shape index (κ2) is 4.37. The fourth-order valence-electron chi connectivity index (χ4n) is 1.52. The van der Waals surface area contributed by atoms with Gasteiger partial charge >= 0.3 is 0 Å². The maximum atomic E-state index is 13.5. The van der Waals surface area contributed by atoms with Gasteiger partial charge in [0, 0.05) is 10.9 Å². The van der Waals surface area contributed by atoms with Crippen LogP contribution in [0.3, 0.4) is 0 Å². The predicted molar refractivity (Wildman–Crippen MR) is 63.6 cm³/mol. The van der Waals surface area contributed by atoms with Crippen LogP contribution in [0.1, 0.15) is 25.7 Å². The molecule has 4 heteroatoms. The minimum absolute atomic E-state index is 0.0780. The molecule has 0 aliphatic carbocycles. The Balaban J connectivity index is 2.47. The SMILES string of the molecule is Cc1ccc(C(=O)c2cc(C)c(F)cc2F)s1. The maximum absolute atomic E-state index is 13.5. The second-order valence-corrected chi connectivity index (χ2v) is 5.11. The van der Waals surface area contributed by atoms with E-state index in [9.17, 15) is 13.6 Å². The number of ketones is 1. The van der Waals surface area contributed by atoms with Gasteiger partial charge in [-0.3, -0.25) is 4.79 Å². The van der Waals surface area contributed by atoms with Crippen LogP contribution in [0.15, 0.2) is 24.3 Å². The Labute approximate surface area is 102 Å². The molecule has 0 saturated carbocycles. The van der Waals surface area contributed by atoms with Gasteiger partial charge in [-0.2, -0.15) is 0 Å². The molecule has 1 heterocycles. The van der Waals surface area contributed by atoms with Gasteiger partial charge in [-0.1, -0.05) is 0 Å². The maximum Gasteiger partial charge on any atom is 0.205 e. The number of rotatable bonds is 2. The van der Waals surface area contributed by atoms with Crippen molar-refractivity contribution in [2.24, 2.45) is 0 Å². The molecule has 0 radical (unpaired) electrons. The van der Waals surface area contributed by atoms with Crippen LogP contribution in [-0.4, -0.2) is 5.78 Å². The minimum Gasteiger partial charge on any atom is -0.288 e. The smallest absolute Gasteiger partial charge is 0.205 e. The molecular weight excluding hydrogens is 242 g/mol. The molecule has 0 atom stereocenters. The van der Waals surface area contributed by atoms with Crippen LogP contribution in [0.2, 0.25) is 0 Å². The Morgan fingerprint density at radius 2 is 1.82 bits per heavy atom. The lowest BCUT2D eigenvalue weighted by Crippen LogP contribution is -2.04. The average Bonchev–Trinajstić information content (AvgIpc) is 2.69. The number of carbonyl (C=O) groups excluding carboxylic acids is 1. The van der Waals surface area contributed by atoms with Crippen molar-refractivity contribution in [3.05, 3.63) is 56.8 Å². The third kappa shape index (κ3) is 2.26. The van der Waals surface area contributed by atoms with Crippen LogP contribution in [-0.2, 0) is 0 Å². The Kier molecular flexibility index (Phi) is 3.07. The summed E-state index contributed by atoms with van der Waals surface area (Å²) >= 11 is 1.30. The van der Waals surface area contributed by atoms with E-state index in [-0.39, 0.29) is 11.1 Å². The van der Waals surface area contributed by atoms with E-state index in [0.717, 1.165) is 10.9 Å². The highest BCUT2D eigenvalue weighted by Crippen LogP contribution is 2.22. The van der Waals surface area contributed by atoms with E-state index < -0.39 is 17.4 Å². The summed E-state index contributed by atoms with van der Waals surface area (Å²) in [5.41, 5.74) is 0.189. The number of benzene rings is 1. The van der Waals surface area contributed by atoms with Gasteiger partial charge in [0.1, 0.15) is 11.6 Å². The van der Waals surface area contributed by atoms with Gasteiger partial charge in [0.05, 0.1) is 10.4 Å². The van der Waals surface area contributed by atoms with E-state index in [1.165, 1.54) is 24.3 Å². The molecule has 0 fully saturated rings. The molecule has 0 aliphatic heterocycles. The summed E-state index contributed by atoms with van der Waals surface area (Å²) in [5, 5.41) is 0. The predicted octanol–water partition coefficient (Wildman–Crippen LogP) is 3.87. The zero-order chi connectivity index (χ0) is 12.6. The van der Waals surface area contributed by atoms with Crippen molar-refractivity contribution in [1.82, 2.24) is 0 Å². The van der Waals surface area contributed by atoms with Crippen molar-refractivity contribution in [3.8, 4) is 0 Å². The lowest BCUT2D eigenvalue weighted by molar-refractivity contribution is 0.103. The molecule has 0 saturated heterocycles. The van der Waals surface area contributed by atoms with Crippen LogP contribution < -0.4 is 0 Å². The highest BCUT2D eigenvalue weighted by Gasteiger charge is 2.17. The van der Waals surface area contributed by atoms with Crippen LogP contribution >= 0.6 is 11.3 Å². The Morgan fingerprint density at radius 3 is 2.41 bits per heavy atom. The third-order valence-electron chi connectivity index (χ3n) is 2.46. The van der Waals surface area contributed by atoms with Gasteiger partial charge in [-0.15, -0.1) is 11.3 Å². The lowest BCUT2D eigenvalue weighted by Gasteiger charge is -2.03. The standard InChI is InChI=1S/C13H10F2OS/c1-7-5-9(11(15)6-10(7)14)13(16)12-4-3-8(2)17-12/h3-6H,1-2H3. The van der Waals surface area contributed by atoms with E-state index in [0.29, 0.717) is 4.88 Å². The van der Waals surface area contributed by atoms with Gasteiger partial charge in [0.15, 0.2) is 0 Å². The molecule has 0 amide bonds. The van der Waals surface area contributed by atoms with Gasteiger partial charge in [0.2, 0.25) is 5.78 Å². The molecule has 1 nitrogen and oxygen atoms in total. The highest BCUT2D eigenvalue weighted by atomic mass is 32.1. The molecule has 0 N–H and O–H groups in total. The summed E-state index contributed by atoms with van der Waals surface area (Å²) in [5.74, 6) is -1.85. The summed E-state index contributed by atoms with van der Waals surface area (Å²) in [6.45, 7) is 3.37. The summed E-state index contributed by atoms with van der Waals surface area (Å²) < 4.78 is 26.6. The van der Waals surface area contributed by atoms with Gasteiger partial charge in [-0.05, 0) is 37.6 Å².